The quantitative estimate of drug-likeness (QED) is 0.0472. The van der Waals surface area contributed by atoms with Crippen LogP contribution in [0.2, 0.25) is 5.02 Å². The number of hydrogen-bond donors (Lipinski definition) is 10. The Kier molecular flexibility index (Phi) is 38.4. The van der Waals surface area contributed by atoms with Gasteiger partial charge in [-0.25, -0.2) is 4.39 Å². The van der Waals surface area contributed by atoms with Gasteiger partial charge in [0.05, 0.1) is 12.8 Å². The van der Waals surface area contributed by atoms with Crippen LogP contribution < -0.4 is 58.3 Å². The Labute approximate surface area is 471 Å². The molecule has 8 aromatic rings. The van der Waals surface area contributed by atoms with Crippen LogP contribution in [0.3, 0.4) is 0 Å². The molecule has 0 fully saturated rings. The summed E-state index contributed by atoms with van der Waals surface area (Å²) in [7, 11) is 16.8. The van der Waals surface area contributed by atoms with Gasteiger partial charge in [-0.05, 0) is 167 Å². The van der Waals surface area contributed by atoms with Crippen LogP contribution in [0.5, 0.6) is 5.75 Å². The normalized spacial score (nSPS) is 9.29. The largest absolute Gasteiger partial charge is 0.497 e. The van der Waals surface area contributed by atoms with E-state index >= 15 is 0 Å². The van der Waals surface area contributed by atoms with E-state index in [9.17, 15) is 9.18 Å². The average Bonchev–Trinajstić information content (AvgIpc) is 3.48. The summed E-state index contributed by atoms with van der Waals surface area (Å²) in [5.41, 5.74) is 17.4. The van der Waals surface area contributed by atoms with E-state index in [1.807, 2.05) is 183 Å². The molecule has 0 aliphatic rings. The minimum atomic E-state index is -0.208. The van der Waals surface area contributed by atoms with Gasteiger partial charge in [0.15, 0.2) is 0 Å². The number of carbonyl (C=O) groups is 1. The van der Waals surface area contributed by atoms with E-state index in [0.29, 0.717) is 5.69 Å². The number of amides is 1. The zero-order valence-corrected chi connectivity index (χ0v) is 48.4. The van der Waals surface area contributed by atoms with Gasteiger partial charge in [-0.2, -0.15) is 0 Å². The monoisotopic (exact) mass is 1080 g/mol. The lowest BCUT2D eigenvalue weighted by molar-refractivity contribution is -0.114. The van der Waals surface area contributed by atoms with Gasteiger partial charge in [0.1, 0.15) is 11.6 Å². The Hall–Kier alpha value is -8.07. The van der Waals surface area contributed by atoms with Crippen molar-refractivity contribution in [2.75, 3.05) is 108 Å². The molecule has 11 N–H and O–H groups in total. The number of nitrogens with one attached hydrogen (secondary N) is 9. The molecule has 0 aliphatic carbocycles. The third-order valence-corrected chi connectivity index (χ3v) is 10.8. The lowest BCUT2D eigenvalue weighted by Gasteiger charge is -2.03. The number of benzene rings is 8. The molecule has 12 nitrogen and oxygen atoms in total. The first-order chi connectivity index (χ1) is 37.8. The van der Waals surface area contributed by atoms with Crippen molar-refractivity contribution in [1.29, 1.82) is 0 Å². The molecule has 0 aliphatic heterocycles. The molecule has 0 heterocycles. The third kappa shape index (κ3) is 33.8. The molecule has 0 radical (unpaired) electrons. The lowest BCUT2D eigenvalue weighted by atomic mass is 10.2. The predicted molar refractivity (Wildman–Crippen MR) is 337 cm³/mol. The van der Waals surface area contributed by atoms with Crippen LogP contribution in [0.25, 0.3) is 0 Å². The van der Waals surface area contributed by atoms with Crippen LogP contribution >= 0.6 is 11.6 Å². The summed E-state index contributed by atoms with van der Waals surface area (Å²) in [5.74, 6) is 0.639. The Balaban J connectivity index is 0.000000447. The number of anilines is 7. The van der Waals surface area contributed by atoms with Gasteiger partial charge in [-0.1, -0.05) is 114 Å². The second-order valence-corrected chi connectivity index (χ2v) is 17.2. The average molecular weight is 1080 g/mol. The summed E-state index contributed by atoms with van der Waals surface area (Å²) < 4.78 is 17.5. The highest BCUT2D eigenvalue weighted by Crippen LogP contribution is 2.15. The van der Waals surface area contributed by atoms with Gasteiger partial charge in [0, 0.05) is 94.4 Å². The molecule has 8 aromatic carbocycles. The number of rotatable bonds is 14. The zero-order chi connectivity index (χ0) is 57.6. The summed E-state index contributed by atoms with van der Waals surface area (Å²) in [6.45, 7) is 6.39. The van der Waals surface area contributed by atoms with Crippen molar-refractivity contribution < 1.29 is 13.9 Å². The topological polar surface area (TPSA) is 161 Å². The Morgan fingerprint density at radius 2 is 0.885 bits per heavy atom. The van der Waals surface area contributed by atoms with Gasteiger partial charge in [-0.15, -0.1) is 0 Å². The molecule has 0 spiro atoms. The number of carbonyl (C=O) groups excluding carboxylic acids is 1. The Morgan fingerprint density at radius 1 is 0.474 bits per heavy atom. The fourth-order valence-corrected chi connectivity index (χ4v) is 6.36. The molecule has 78 heavy (non-hydrogen) atoms. The molecular formula is C64H86ClFN10O2. The minimum Gasteiger partial charge on any atom is -0.497 e. The molecule has 0 atom stereocenters. The number of aryl methyl sites for hydroxylation is 1. The van der Waals surface area contributed by atoms with Crippen LogP contribution in [-0.4, -0.2) is 75.9 Å². The number of para-hydroxylation sites is 2. The number of methoxy groups -OCH3 is 1. The Morgan fingerprint density at radius 3 is 1.28 bits per heavy atom. The highest BCUT2D eigenvalue weighted by molar-refractivity contribution is 6.30. The van der Waals surface area contributed by atoms with E-state index in [2.05, 4.69) is 103 Å². The number of nitrogen functional groups attached to an aromatic ring is 1. The summed E-state index contributed by atoms with van der Waals surface area (Å²) in [5, 5.41) is 27.5. The molecule has 8 rings (SSSR count). The van der Waals surface area contributed by atoms with Gasteiger partial charge < -0.3 is 58.3 Å². The second kappa shape index (κ2) is 44.1. The second-order valence-electron chi connectivity index (χ2n) is 16.7. The van der Waals surface area contributed by atoms with Crippen molar-refractivity contribution in [2.45, 2.75) is 33.4 Å². The van der Waals surface area contributed by atoms with E-state index in [4.69, 9.17) is 22.1 Å². The molecule has 0 saturated heterocycles. The van der Waals surface area contributed by atoms with Crippen molar-refractivity contribution in [2.24, 2.45) is 0 Å². The maximum absolute atomic E-state index is 12.5. The van der Waals surface area contributed by atoms with E-state index in [0.717, 1.165) is 65.3 Å². The molecule has 418 valence electrons. The van der Waals surface area contributed by atoms with Crippen molar-refractivity contribution >= 4 is 57.3 Å². The van der Waals surface area contributed by atoms with Crippen molar-refractivity contribution in [3.05, 3.63) is 239 Å². The fourth-order valence-electron chi connectivity index (χ4n) is 6.23. The van der Waals surface area contributed by atoms with Crippen molar-refractivity contribution in [1.82, 2.24) is 16.0 Å². The van der Waals surface area contributed by atoms with Crippen LogP contribution in [0.4, 0.5) is 44.2 Å². The summed E-state index contributed by atoms with van der Waals surface area (Å²) >= 11 is 5.64. The van der Waals surface area contributed by atoms with Crippen molar-refractivity contribution in [3.8, 4) is 5.75 Å². The Bertz CT molecular complexity index is 2600. The van der Waals surface area contributed by atoms with Crippen LogP contribution in [0.1, 0.15) is 29.2 Å². The number of likely N-dealkylation sites (N-methyl/N-ethyl adjacent to an activating group) is 1. The summed E-state index contributed by atoms with van der Waals surface area (Å²) in [6, 6.07) is 66.4. The van der Waals surface area contributed by atoms with E-state index in [1.165, 1.54) is 40.9 Å². The minimum absolute atomic E-state index is 0.0404. The smallest absolute Gasteiger partial charge is 0.221 e. The van der Waals surface area contributed by atoms with Gasteiger partial charge in [0.2, 0.25) is 5.91 Å². The van der Waals surface area contributed by atoms with Crippen LogP contribution in [0, 0.1) is 12.7 Å². The number of nitrogens with two attached hydrogens (primary N) is 1. The third-order valence-electron chi connectivity index (χ3n) is 10.6. The van der Waals surface area contributed by atoms with E-state index in [1.54, 1.807) is 32.4 Å². The standard InChI is InChI=1S/C10H14N2O.C9H13N.C8H12N2.C8H11NO.C8H11N.C7H8ClN.C7H8FN.C7H9N/c1-8(13)12-10-5-3-9(4-6-10)7-11-2;1-10-8-7-9-5-3-2-4-6-9;1-10-6-7-2-4-8(9)5-3-7;1-9-7-3-5-8(10-2)6-4-7;1-7-3-5-8(9-2)6-4-7;1-9-7-4-2-6(8)3-5-7;1-9-7-5-3-2-4-6(7)8;1-8-7-5-3-2-4-6-7/h3-6,11H,7H2,1-2H3,(H,12,13);2-6,10H,7-8H2,1H3;2-5,10H,6,9H2,1H3;3-6,9H,1-2H3;3-6,9H,1-2H3;2*2-5,9H,1H3;2-6,8H,1H3. The first kappa shape index (κ1) is 67.9. The highest BCUT2D eigenvalue weighted by atomic mass is 35.5. The molecular weight excluding hydrogens is 995 g/mol. The summed E-state index contributed by atoms with van der Waals surface area (Å²) in [4.78, 5) is 10.7. The fraction of sp³-hybridized carbons (Fsp3) is 0.234. The molecule has 0 saturated carbocycles. The number of ether oxygens (including phenoxy) is 1. The van der Waals surface area contributed by atoms with Crippen LogP contribution in [-0.2, 0) is 24.3 Å². The summed E-state index contributed by atoms with van der Waals surface area (Å²) in [6.07, 6.45) is 1.12. The first-order valence-electron chi connectivity index (χ1n) is 25.6. The van der Waals surface area contributed by atoms with Gasteiger partial charge >= 0.3 is 0 Å². The van der Waals surface area contributed by atoms with Gasteiger partial charge in [-0.3, -0.25) is 4.79 Å². The SMILES string of the molecule is CNCCc1ccccc1.CNCc1ccc(N)cc1.CNCc1ccc(NC(C)=O)cc1.CNc1ccc(C)cc1.CNc1ccc(Cl)cc1.CNc1ccc(OC)cc1.CNc1ccccc1.CNc1ccccc1F. The van der Waals surface area contributed by atoms with E-state index < -0.39 is 0 Å². The van der Waals surface area contributed by atoms with Gasteiger partial charge in [0.25, 0.3) is 0 Å². The van der Waals surface area contributed by atoms with E-state index in [-0.39, 0.29) is 11.7 Å². The van der Waals surface area contributed by atoms with Crippen molar-refractivity contribution in [3.63, 3.8) is 0 Å². The lowest BCUT2D eigenvalue weighted by Crippen LogP contribution is -2.09. The van der Waals surface area contributed by atoms with Crippen LogP contribution in [0.15, 0.2) is 206 Å². The maximum atomic E-state index is 12.5. The molecule has 0 unspecified atom stereocenters. The highest BCUT2D eigenvalue weighted by Gasteiger charge is 1.96. The number of halogens is 2. The molecule has 0 bridgehead atoms. The molecule has 1 amide bonds. The number of hydrogen-bond acceptors (Lipinski definition) is 11. The molecule has 0 aromatic heterocycles. The zero-order valence-electron chi connectivity index (χ0n) is 47.6. The maximum Gasteiger partial charge on any atom is 0.221 e. The first-order valence-corrected chi connectivity index (χ1v) is 26.0. The molecule has 14 heteroatoms. The predicted octanol–water partition coefficient (Wildman–Crippen LogP) is 13.6.